The molecule has 8 heteroatoms. The van der Waals surface area contributed by atoms with Crippen molar-refractivity contribution < 1.29 is 9.53 Å². The summed E-state index contributed by atoms with van der Waals surface area (Å²) in [6.45, 7) is 13.4. The van der Waals surface area contributed by atoms with Crippen molar-refractivity contribution in [1.82, 2.24) is 20.4 Å². The highest BCUT2D eigenvalue weighted by molar-refractivity contribution is 14.0. The molecule has 0 aromatic carbocycles. The van der Waals surface area contributed by atoms with Crippen LogP contribution in [-0.4, -0.2) is 78.8 Å². The number of hydrogen-bond donors (Lipinski definition) is 2. The van der Waals surface area contributed by atoms with Crippen molar-refractivity contribution in [2.24, 2.45) is 4.99 Å². The van der Waals surface area contributed by atoms with Gasteiger partial charge in [-0.3, -0.25) is 9.89 Å². The molecule has 2 aliphatic rings. The average Bonchev–Trinajstić information content (AvgIpc) is 3.26. The van der Waals surface area contributed by atoms with E-state index in [0.29, 0.717) is 19.1 Å². The number of amides is 1. The monoisotopic (exact) mass is 481 g/mol. The predicted molar refractivity (Wildman–Crippen MR) is 116 cm³/mol. The molecule has 1 saturated carbocycles. The zero-order valence-corrected chi connectivity index (χ0v) is 19.4. The lowest BCUT2D eigenvalue weighted by atomic mass is 10.1. The van der Waals surface area contributed by atoms with Gasteiger partial charge in [-0.05, 0) is 47.5 Å². The molecular weight excluding hydrogens is 445 g/mol. The maximum Gasteiger partial charge on any atom is 0.410 e. The van der Waals surface area contributed by atoms with Gasteiger partial charge in [0.25, 0.3) is 0 Å². The predicted octanol–water partition coefficient (Wildman–Crippen LogP) is 2.26. The molecule has 0 aromatic rings. The number of likely N-dealkylation sites (tertiary alicyclic amines) is 1. The van der Waals surface area contributed by atoms with Gasteiger partial charge in [0.15, 0.2) is 5.96 Å². The molecule has 1 aliphatic heterocycles. The van der Waals surface area contributed by atoms with Crippen molar-refractivity contribution in [3.05, 3.63) is 0 Å². The second kappa shape index (κ2) is 9.96. The van der Waals surface area contributed by atoms with Crippen molar-refractivity contribution in [3.63, 3.8) is 0 Å². The number of aliphatic imine (C=N–C) groups is 1. The number of nitrogens with zero attached hydrogens (tertiary/aromatic N) is 3. The molecule has 0 bridgehead atoms. The number of ether oxygens (including phenoxy) is 1. The molecule has 0 atom stereocenters. The molecule has 7 nitrogen and oxygen atoms in total. The number of guanidine groups is 1. The number of carbonyl (C=O) groups excluding carboxylic acids is 1. The van der Waals surface area contributed by atoms with E-state index < -0.39 is 5.60 Å². The van der Waals surface area contributed by atoms with Crippen LogP contribution in [0.1, 0.15) is 47.5 Å². The van der Waals surface area contributed by atoms with Crippen LogP contribution in [-0.2, 0) is 4.74 Å². The van der Waals surface area contributed by atoms with Crippen LogP contribution in [0.25, 0.3) is 0 Å². The molecule has 2 rings (SSSR count). The smallest absolute Gasteiger partial charge is 0.410 e. The van der Waals surface area contributed by atoms with Gasteiger partial charge >= 0.3 is 6.09 Å². The third-order valence-electron chi connectivity index (χ3n) is 4.44. The van der Waals surface area contributed by atoms with Gasteiger partial charge in [0.1, 0.15) is 5.60 Å². The van der Waals surface area contributed by atoms with E-state index in [9.17, 15) is 4.79 Å². The summed E-state index contributed by atoms with van der Waals surface area (Å²) in [6.07, 6.45) is 2.41. The number of nitrogens with one attached hydrogen (secondary N) is 2. The van der Waals surface area contributed by atoms with E-state index in [1.165, 1.54) is 12.8 Å². The Kier molecular flexibility index (Phi) is 8.92. The summed E-state index contributed by atoms with van der Waals surface area (Å²) in [5.74, 6) is 0.799. The molecule has 0 radical (unpaired) electrons. The Labute approximate surface area is 175 Å². The first-order valence-corrected chi connectivity index (χ1v) is 9.40. The summed E-state index contributed by atoms with van der Waals surface area (Å²) in [7, 11) is 1.78. The minimum absolute atomic E-state index is 0. The second-order valence-corrected chi connectivity index (χ2v) is 8.29. The number of carbonyl (C=O) groups is 1. The van der Waals surface area contributed by atoms with E-state index in [1.54, 1.807) is 11.9 Å². The standard InChI is InChI=1S/C18H35N5O2.HI/c1-13(2)23(15-7-8-15)10-9-20-16(19-6)21-14-11-22(12-14)17(24)25-18(3,4)5;/h13-15H,7-12H2,1-6H3,(H2,19,20,21);1H. The highest BCUT2D eigenvalue weighted by Gasteiger charge is 2.34. The van der Waals surface area contributed by atoms with Gasteiger partial charge in [-0.15, -0.1) is 24.0 Å². The maximum atomic E-state index is 11.9. The van der Waals surface area contributed by atoms with Crippen LogP contribution < -0.4 is 10.6 Å². The van der Waals surface area contributed by atoms with Crippen molar-refractivity contribution in [1.29, 1.82) is 0 Å². The maximum absolute atomic E-state index is 11.9. The molecule has 1 amide bonds. The number of rotatable bonds is 6. The Morgan fingerprint density at radius 1 is 1.31 bits per heavy atom. The van der Waals surface area contributed by atoms with E-state index >= 15 is 0 Å². The Balaban J connectivity index is 0.00000338. The Hall–Kier alpha value is -0.770. The van der Waals surface area contributed by atoms with E-state index in [1.807, 2.05) is 20.8 Å². The van der Waals surface area contributed by atoms with Gasteiger partial charge in [0.2, 0.25) is 0 Å². The van der Waals surface area contributed by atoms with E-state index in [2.05, 4.69) is 34.4 Å². The fourth-order valence-corrected chi connectivity index (χ4v) is 3.01. The zero-order valence-electron chi connectivity index (χ0n) is 17.0. The summed E-state index contributed by atoms with van der Waals surface area (Å²) in [5.41, 5.74) is -0.447. The molecule has 2 fully saturated rings. The normalized spacial score (nSPS) is 18.5. The fraction of sp³-hybridized carbons (Fsp3) is 0.889. The molecule has 0 spiro atoms. The summed E-state index contributed by atoms with van der Waals surface area (Å²) >= 11 is 0. The largest absolute Gasteiger partial charge is 0.444 e. The van der Waals surface area contributed by atoms with Crippen LogP contribution in [0.3, 0.4) is 0 Å². The minimum Gasteiger partial charge on any atom is -0.444 e. The van der Waals surface area contributed by atoms with Crippen LogP contribution in [0.15, 0.2) is 4.99 Å². The molecular formula is C18H36IN5O2. The molecule has 1 heterocycles. The molecule has 1 aliphatic carbocycles. The Bertz CT molecular complexity index is 480. The minimum atomic E-state index is -0.447. The number of hydrogen-bond acceptors (Lipinski definition) is 4. The zero-order chi connectivity index (χ0) is 18.6. The molecule has 2 N–H and O–H groups in total. The van der Waals surface area contributed by atoms with Gasteiger partial charge in [-0.2, -0.15) is 0 Å². The molecule has 26 heavy (non-hydrogen) atoms. The Morgan fingerprint density at radius 2 is 1.92 bits per heavy atom. The lowest BCUT2D eigenvalue weighted by molar-refractivity contribution is 0.00701. The van der Waals surface area contributed by atoms with Crippen LogP contribution in [0.4, 0.5) is 4.79 Å². The third kappa shape index (κ3) is 7.46. The first-order chi connectivity index (χ1) is 11.7. The lowest BCUT2D eigenvalue weighted by Crippen LogP contribution is -2.63. The highest BCUT2D eigenvalue weighted by Crippen LogP contribution is 2.27. The molecule has 152 valence electrons. The van der Waals surface area contributed by atoms with Gasteiger partial charge in [-0.25, -0.2) is 4.79 Å². The van der Waals surface area contributed by atoms with Gasteiger partial charge < -0.3 is 20.3 Å². The Morgan fingerprint density at radius 3 is 2.38 bits per heavy atom. The van der Waals surface area contributed by atoms with Crippen LogP contribution in [0.2, 0.25) is 0 Å². The molecule has 1 saturated heterocycles. The van der Waals surface area contributed by atoms with Crippen molar-refractivity contribution >= 4 is 36.0 Å². The van der Waals surface area contributed by atoms with Crippen LogP contribution in [0.5, 0.6) is 0 Å². The van der Waals surface area contributed by atoms with E-state index in [-0.39, 0.29) is 36.1 Å². The second-order valence-electron chi connectivity index (χ2n) is 8.29. The third-order valence-corrected chi connectivity index (χ3v) is 4.44. The quantitative estimate of drug-likeness (QED) is 0.346. The first-order valence-electron chi connectivity index (χ1n) is 9.40. The van der Waals surface area contributed by atoms with Gasteiger partial charge in [0, 0.05) is 45.3 Å². The van der Waals surface area contributed by atoms with E-state index in [4.69, 9.17) is 4.74 Å². The highest BCUT2D eigenvalue weighted by atomic mass is 127. The summed E-state index contributed by atoms with van der Waals surface area (Å²) in [6, 6.07) is 1.58. The van der Waals surface area contributed by atoms with Gasteiger partial charge in [0.05, 0.1) is 6.04 Å². The first kappa shape index (κ1) is 23.3. The van der Waals surface area contributed by atoms with Gasteiger partial charge in [-0.1, -0.05) is 0 Å². The summed E-state index contributed by atoms with van der Waals surface area (Å²) in [4.78, 5) is 20.5. The van der Waals surface area contributed by atoms with Crippen molar-refractivity contribution in [3.8, 4) is 0 Å². The lowest BCUT2D eigenvalue weighted by Gasteiger charge is -2.40. The summed E-state index contributed by atoms with van der Waals surface area (Å²) in [5, 5.41) is 6.75. The fourth-order valence-electron chi connectivity index (χ4n) is 3.01. The summed E-state index contributed by atoms with van der Waals surface area (Å²) < 4.78 is 5.37. The molecule has 0 unspecified atom stereocenters. The van der Waals surface area contributed by atoms with Crippen molar-refractivity contribution in [2.75, 3.05) is 33.2 Å². The van der Waals surface area contributed by atoms with E-state index in [0.717, 1.165) is 25.1 Å². The molecule has 0 aromatic heterocycles. The van der Waals surface area contributed by atoms with Crippen molar-refractivity contribution in [2.45, 2.75) is 71.2 Å². The van der Waals surface area contributed by atoms with Crippen LogP contribution >= 0.6 is 24.0 Å². The average molecular weight is 481 g/mol. The van der Waals surface area contributed by atoms with Crippen LogP contribution in [0, 0.1) is 0 Å². The SMILES string of the molecule is CN=C(NCCN(C(C)C)C1CC1)NC1CN(C(=O)OC(C)(C)C)C1.I. The topological polar surface area (TPSA) is 69.2 Å². The number of halogens is 1.